The molecule has 0 bridgehead atoms. The second-order valence-corrected chi connectivity index (χ2v) is 3.05. The lowest BCUT2D eigenvalue weighted by molar-refractivity contribution is -0.138. The van der Waals surface area contributed by atoms with Crippen molar-refractivity contribution >= 4 is 5.97 Å². The topological polar surface area (TPSA) is 94.0 Å². The monoisotopic (exact) mass is 198 g/mol. The summed E-state index contributed by atoms with van der Waals surface area (Å²) < 4.78 is 1.68. The molecule has 1 atom stereocenters. The predicted octanol–water partition coefficient (Wildman–Crippen LogP) is -0.357. The van der Waals surface area contributed by atoms with E-state index in [0.717, 1.165) is 13.0 Å². The predicted molar refractivity (Wildman–Crippen MR) is 49.6 cm³/mol. The molecule has 0 unspecified atom stereocenters. The molecule has 0 saturated heterocycles. The Kier molecular flexibility index (Phi) is 3.58. The molecule has 78 valence electrons. The first-order valence-corrected chi connectivity index (χ1v) is 4.50. The first-order chi connectivity index (χ1) is 6.65. The molecule has 1 aromatic rings. The van der Waals surface area contributed by atoms with E-state index in [-0.39, 0.29) is 6.42 Å². The fraction of sp³-hybridized carbons (Fsp3) is 0.625. The van der Waals surface area contributed by atoms with Crippen molar-refractivity contribution in [3.8, 4) is 0 Å². The maximum Gasteiger partial charge on any atom is 0.320 e. The van der Waals surface area contributed by atoms with Crippen LogP contribution in [0, 0.1) is 0 Å². The van der Waals surface area contributed by atoms with Crippen LogP contribution in [0.4, 0.5) is 0 Å². The molecule has 1 heterocycles. The van der Waals surface area contributed by atoms with Crippen molar-refractivity contribution in [2.75, 3.05) is 0 Å². The molecule has 1 aromatic heterocycles. The minimum absolute atomic E-state index is 0.218. The lowest BCUT2D eigenvalue weighted by Crippen LogP contribution is -2.33. The van der Waals surface area contributed by atoms with E-state index >= 15 is 0 Å². The van der Waals surface area contributed by atoms with E-state index in [2.05, 4.69) is 10.1 Å². The van der Waals surface area contributed by atoms with Crippen LogP contribution in [0.25, 0.3) is 0 Å². The molecule has 0 fully saturated rings. The van der Waals surface area contributed by atoms with Crippen molar-refractivity contribution in [3.63, 3.8) is 0 Å². The third-order valence-electron chi connectivity index (χ3n) is 1.85. The third-order valence-corrected chi connectivity index (χ3v) is 1.85. The molecule has 0 aliphatic rings. The molecule has 14 heavy (non-hydrogen) atoms. The molecule has 6 heteroatoms. The second-order valence-electron chi connectivity index (χ2n) is 3.05. The van der Waals surface area contributed by atoms with Gasteiger partial charge in [0.1, 0.15) is 18.2 Å². The van der Waals surface area contributed by atoms with Gasteiger partial charge in [0, 0.05) is 13.0 Å². The highest BCUT2D eigenvalue weighted by atomic mass is 16.4. The van der Waals surface area contributed by atoms with E-state index in [1.807, 2.05) is 6.92 Å². The fourth-order valence-corrected chi connectivity index (χ4v) is 1.13. The van der Waals surface area contributed by atoms with E-state index in [4.69, 9.17) is 10.8 Å². The molecule has 0 spiro atoms. The number of carboxylic acid groups (broad SMARTS) is 1. The summed E-state index contributed by atoms with van der Waals surface area (Å²) in [5.74, 6) is -0.391. The van der Waals surface area contributed by atoms with Crippen LogP contribution in [-0.2, 0) is 17.8 Å². The minimum atomic E-state index is -1.02. The van der Waals surface area contributed by atoms with Gasteiger partial charge in [-0.1, -0.05) is 6.92 Å². The quantitative estimate of drug-likeness (QED) is 0.674. The third kappa shape index (κ3) is 2.53. The van der Waals surface area contributed by atoms with Gasteiger partial charge in [0.2, 0.25) is 0 Å². The summed E-state index contributed by atoms with van der Waals surface area (Å²) in [4.78, 5) is 14.5. The maximum absolute atomic E-state index is 10.5. The number of hydrogen-bond donors (Lipinski definition) is 2. The molecule has 6 nitrogen and oxygen atoms in total. The largest absolute Gasteiger partial charge is 0.480 e. The number of carboxylic acids is 1. The van der Waals surface area contributed by atoms with Crippen LogP contribution in [0.5, 0.6) is 0 Å². The normalized spacial score (nSPS) is 12.7. The van der Waals surface area contributed by atoms with Gasteiger partial charge in [0.25, 0.3) is 0 Å². The summed E-state index contributed by atoms with van der Waals surface area (Å²) in [5, 5.41) is 12.6. The number of hydrogen-bond acceptors (Lipinski definition) is 4. The fourth-order valence-electron chi connectivity index (χ4n) is 1.13. The van der Waals surface area contributed by atoms with Gasteiger partial charge in [-0.25, -0.2) is 4.98 Å². The zero-order valence-electron chi connectivity index (χ0n) is 8.05. The van der Waals surface area contributed by atoms with E-state index < -0.39 is 12.0 Å². The van der Waals surface area contributed by atoms with Gasteiger partial charge in [-0.05, 0) is 6.42 Å². The Bertz CT molecular complexity index is 310. The van der Waals surface area contributed by atoms with Crippen LogP contribution in [-0.4, -0.2) is 31.9 Å². The SMILES string of the molecule is CCCn1ncnc1C[C@@H](N)C(=O)O. The van der Waals surface area contributed by atoms with Crippen molar-refractivity contribution in [2.45, 2.75) is 32.4 Å². The summed E-state index contributed by atoms with van der Waals surface area (Å²) in [6, 6.07) is -0.908. The highest BCUT2D eigenvalue weighted by Crippen LogP contribution is 1.99. The highest BCUT2D eigenvalue weighted by Gasteiger charge is 2.15. The van der Waals surface area contributed by atoms with Crippen molar-refractivity contribution in [1.29, 1.82) is 0 Å². The Morgan fingerprint density at radius 2 is 2.50 bits per heavy atom. The summed E-state index contributed by atoms with van der Waals surface area (Å²) in [5.41, 5.74) is 5.39. The lowest BCUT2D eigenvalue weighted by atomic mass is 10.2. The van der Waals surface area contributed by atoms with Gasteiger partial charge in [0.15, 0.2) is 0 Å². The zero-order chi connectivity index (χ0) is 10.6. The maximum atomic E-state index is 10.5. The standard InChI is InChI=1S/C8H14N4O2/c1-2-3-12-7(10-5-11-12)4-6(9)8(13)14/h5-6H,2-4,9H2,1H3,(H,13,14)/t6-/m1/s1. The summed E-state index contributed by atoms with van der Waals surface area (Å²) in [7, 11) is 0. The van der Waals surface area contributed by atoms with Crippen LogP contribution in [0.1, 0.15) is 19.2 Å². The first kappa shape index (κ1) is 10.6. The molecule has 0 aromatic carbocycles. The molecule has 1 rings (SSSR count). The molecule has 0 saturated carbocycles. The smallest absolute Gasteiger partial charge is 0.320 e. The molecular weight excluding hydrogens is 184 g/mol. The van der Waals surface area contributed by atoms with Gasteiger partial charge in [-0.15, -0.1) is 0 Å². The van der Waals surface area contributed by atoms with Crippen LogP contribution < -0.4 is 5.73 Å². The number of aryl methyl sites for hydroxylation is 1. The zero-order valence-corrected chi connectivity index (χ0v) is 8.05. The number of nitrogens with two attached hydrogens (primary N) is 1. The molecule has 3 N–H and O–H groups in total. The van der Waals surface area contributed by atoms with Crippen LogP contribution in [0.2, 0.25) is 0 Å². The molecular formula is C8H14N4O2. The number of carbonyl (C=O) groups is 1. The Balaban J connectivity index is 2.66. The Labute approximate surface area is 81.7 Å². The van der Waals surface area contributed by atoms with Gasteiger partial charge < -0.3 is 10.8 Å². The van der Waals surface area contributed by atoms with E-state index in [1.165, 1.54) is 6.33 Å². The Morgan fingerprint density at radius 3 is 3.07 bits per heavy atom. The molecule has 0 amide bonds. The molecule has 0 aliphatic carbocycles. The summed E-state index contributed by atoms with van der Waals surface area (Å²) in [6.45, 7) is 2.75. The van der Waals surface area contributed by atoms with Crippen LogP contribution in [0.3, 0.4) is 0 Å². The van der Waals surface area contributed by atoms with Crippen molar-refractivity contribution in [2.24, 2.45) is 5.73 Å². The Hall–Kier alpha value is -1.43. The first-order valence-electron chi connectivity index (χ1n) is 4.50. The number of rotatable bonds is 5. The summed E-state index contributed by atoms with van der Waals surface area (Å²) >= 11 is 0. The van der Waals surface area contributed by atoms with E-state index in [1.54, 1.807) is 4.68 Å². The second kappa shape index (κ2) is 4.71. The van der Waals surface area contributed by atoms with Crippen molar-refractivity contribution in [3.05, 3.63) is 12.2 Å². The van der Waals surface area contributed by atoms with Gasteiger partial charge in [-0.2, -0.15) is 5.10 Å². The molecule has 0 radical (unpaired) electrons. The van der Waals surface area contributed by atoms with Crippen molar-refractivity contribution in [1.82, 2.24) is 14.8 Å². The number of nitrogens with zero attached hydrogens (tertiary/aromatic N) is 3. The van der Waals surface area contributed by atoms with Gasteiger partial charge >= 0.3 is 5.97 Å². The van der Waals surface area contributed by atoms with Crippen LogP contribution in [0.15, 0.2) is 6.33 Å². The van der Waals surface area contributed by atoms with Crippen LogP contribution >= 0.6 is 0 Å². The van der Waals surface area contributed by atoms with E-state index in [9.17, 15) is 4.79 Å². The average Bonchev–Trinajstić information content (AvgIpc) is 2.53. The summed E-state index contributed by atoms with van der Waals surface area (Å²) in [6.07, 6.45) is 2.56. The average molecular weight is 198 g/mol. The number of aliphatic carboxylic acids is 1. The highest BCUT2D eigenvalue weighted by molar-refractivity contribution is 5.73. The molecule has 0 aliphatic heterocycles. The van der Waals surface area contributed by atoms with E-state index in [0.29, 0.717) is 5.82 Å². The lowest BCUT2D eigenvalue weighted by Gasteiger charge is -2.06. The minimum Gasteiger partial charge on any atom is -0.480 e. The Morgan fingerprint density at radius 1 is 1.79 bits per heavy atom. The van der Waals surface area contributed by atoms with Gasteiger partial charge in [-0.3, -0.25) is 9.48 Å². The number of aromatic nitrogens is 3. The van der Waals surface area contributed by atoms with Crippen molar-refractivity contribution < 1.29 is 9.90 Å². The van der Waals surface area contributed by atoms with Gasteiger partial charge in [0.05, 0.1) is 0 Å².